The maximum absolute atomic E-state index is 15.1. The smallest absolute Gasteiger partial charge is 0.350 e. The minimum atomic E-state index is -0.833. The molecule has 0 bridgehead atoms. The van der Waals surface area contributed by atoms with Crippen LogP contribution in [0.3, 0.4) is 0 Å². The molecule has 4 rings (SSSR count). The summed E-state index contributed by atoms with van der Waals surface area (Å²) in [5.41, 5.74) is 6.81. The Morgan fingerprint density at radius 3 is 2.50 bits per heavy atom. The van der Waals surface area contributed by atoms with E-state index in [0.29, 0.717) is 17.5 Å². The van der Waals surface area contributed by atoms with Gasteiger partial charge in [-0.15, -0.1) is 9.78 Å². The van der Waals surface area contributed by atoms with E-state index in [1.54, 1.807) is 42.5 Å². The van der Waals surface area contributed by atoms with E-state index in [0.717, 1.165) is 17.2 Å². The molecule has 5 N–H and O–H groups in total. The first-order chi connectivity index (χ1) is 19.1. The Balaban J connectivity index is 0.00000103. The molecule has 0 aliphatic rings. The van der Waals surface area contributed by atoms with Crippen LogP contribution in [0.25, 0.3) is 5.95 Å². The zero-order valence-corrected chi connectivity index (χ0v) is 21.5. The minimum Gasteiger partial charge on any atom is -0.493 e. The summed E-state index contributed by atoms with van der Waals surface area (Å²) < 4.78 is 26.6. The molecule has 2 aromatic heterocycles. The van der Waals surface area contributed by atoms with E-state index in [-0.39, 0.29) is 35.7 Å². The number of amidine groups is 1. The first-order valence-electron chi connectivity index (χ1n) is 11.6. The molecule has 0 aliphatic carbocycles. The summed E-state index contributed by atoms with van der Waals surface area (Å²) in [4.78, 5) is 32.5. The van der Waals surface area contributed by atoms with Gasteiger partial charge in [0, 0.05) is 30.8 Å². The molecule has 1 unspecified atom stereocenters. The number of hydrogen-bond acceptors (Lipinski definition) is 9. The second kappa shape index (κ2) is 13.3. The van der Waals surface area contributed by atoms with Crippen LogP contribution in [0.4, 0.5) is 4.39 Å². The number of aromatic amines is 1. The second-order valence-corrected chi connectivity index (χ2v) is 8.14. The van der Waals surface area contributed by atoms with Gasteiger partial charge in [-0.25, -0.2) is 19.2 Å². The lowest BCUT2D eigenvalue weighted by molar-refractivity contribution is -0.134. The van der Waals surface area contributed by atoms with Crippen molar-refractivity contribution >= 4 is 11.8 Å². The normalized spacial score (nSPS) is 10.9. The zero-order chi connectivity index (χ0) is 29.2. The van der Waals surface area contributed by atoms with E-state index in [1.807, 2.05) is 0 Å². The molecule has 0 fully saturated rings. The highest BCUT2D eigenvalue weighted by molar-refractivity contribution is 5.94. The van der Waals surface area contributed by atoms with Gasteiger partial charge in [0.1, 0.15) is 17.7 Å². The number of H-pyrrole nitrogens is 1. The molecular formula is C26H25FN8O5. The molecule has 2 aromatic carbocycles. The summed E-state index contributed by atoms with van der Waals surface area (Å²) in [6.45, 7) is 0.730. The van der Waals surface area contributed by atoms with Crippen LogP contribution in [0.5, 0.6) is 11.5 Å². The molecule has 0 saturated carbocycles. The molecule has 2 heterocycles. The Labute approximate surface area is 227 Å². The van der Waals surface area contributed by atoms with E-state index >= 15 is 4.39 Å². The lowest BCUT2D eigenvalue weighted by Gasteiger charge is -2.18. The number of nitrogens with two attached hydrogens (primary N) is 1. The molecule has 0 saturated heterocycles. The number of carbonyl (C=O) groups is 1. The van der Waals surface area contributed by atoms with Crippen LogP contribution in [-0.2, 0) is 11.2 Å². The van der Waals surface area contributed by atoms with Crippen LogP contribution < -0.4 is 20.9 Å². The van der Waals surface area contributed by atoms with E-state index in [2.05, 4.69) is 20.1 Å². The number of ether oxygens (including phenoxy) is 2. The molecule has 206 valence electrons. The van der Waals surface area contributed by atoms with Crippen molar-refractivity contribution in [3.05, 3.63) is 93.7 Å². The maximum atomic E-state index is 15.1. The number of nitrogens with zero attached hydrogens (tertiary/aromatic N) is 5. The van der Waals surface area contributed by atoms with E-state index in [4.69, 9.17) is 35.8 Å². The highest BCUT2D eigenvalue weighted by atomic mass is 19.1. The number of carboxylic acid groups (broad SMARTS) is 1. The number of rotatable bonds is 9. The fraction of sp³-hybridized carbons (Fsp3) is 0.192. The monoisotopic (exact) mass is 548 g/mol. The van der Waals surface area contributed by atoms with Gasteiger partial charge in [-0.1, -0.05) is 24.3 Å². The van der Waals surface area contributed by atoms with E-state index < -0.39 is 23.4 Å². The number of halogens is 1. The molecule has 13 nitrogen and oxygen atoms in total. The molecule has 40 heavy (non-hydrogen) atoms. The average molecular weight is 549 g/mol. The van der Waals surface area contributed by atoms with Gasteiger partial charge in [-0.2, -0.15) is 5.26 Å². The largest absolute Gasteiger partial charge is 0.493 e. The number of methoxy groups -OCH3 is 1. The molecule has 0 amide bonds. The number of nitrogens with one attached hydrogen (secondary N) is 2. The molecule has 4 aromatic rings. The van der Waals surface area contributed by atoms with Gasteiger partial charge in [-0.05, 0) is 35.7 Å². The molecular weight excluding hydrogens is 523 g/mol. The average Bonchev–Trinajstić information content (AvgIpc) is 3.32. The quantitative estimate of drug-likeness (QED) is 0.177. The number of nitrogen functional groups attached to an aromatic ring is 1. The summed E-state index contributed by atoms with van der Waals surface area (Å²) in [5.74, 6) is -2.03. The van der Waals surface area contributed by atoms with Crippen LogP contribution >= 0.6 is 0 Å². The van der Waals surface area contributed by atoms with Crippen molar-refractivity contribution in [1.82, 2.24) is 24.7 Å². The van der Waals surface area contributed by atoms with Gasteiger partial charge < -0.3 is 20.3 Å². The van der Waals surface area contributed by atoms with Crippen molar-refractivity contribution in [2.45, 2.75) is 19.3 Å². The third-order valence-electron chi connectivity index (χ3n) is 5.35. The maximum Gasteiger partial charge on any atom is 0.350 e. The van der Waals surface area contributed by atoms with Crippen LogP contribution in [-0.4, -0.2) is 55.4 Å². The first-order valence-corrected chi connectivity index (χ1v) is 11.6. The van der Waals surface area contributed by atoms with Crippen LogP contribution in [0.15, 0.2) is 59.7 Å². The minimum absolute atomic E-state index is 0.0659. The van der Waals surface area contributed by atoms with Crippen molar-refractivity contribution in [3.63, 3.8) is 0 Å². The lowest BCUT2D eigenvalue weighted by Crippen LogP contribution is -2.18. The van der Waals surface area contributed by atoms with Gasteiger partial charge in [0.05, 0.1) is 7.11 Å². The number of aromatic nitrogens is 5. The number of benzene rings is 2. The molecule has 14 heteroatoms. The van der Waals surface area contributed by atoms with Gasteiger partial charge in [0.2, 0.25) is 0 Å². The topological polar surface area (TPSA) is 206 Å². The van der Waals surface area contributed by atoms with Crippen molar-refractivity contribution in [2.24, 2.45) is 5.73 Å². The van der Waals surface area contributed by atoms with Crippen LogP contribution in [0.1, 0.15) is 35.4 Å². The highest BCUT2D eigenvalue weighted by Gasteiger charge is 2.25. The van der Waals surface area contributed by atoms with Gasteiger partial charge in [0.25, 0.3) is 11.9 Å². The molecule has 0 spiro atoms. The number of carboxylic acids is 1. The van der Waals surface area contributed by atoms with Crippen molar-refractivity contribution in [2.75, 3.05) is 13.7 Å². The molecule has 0 radical (unpaired) electrons. The third kappa shape index (κ3) is 7.25. The van der Waals surface area contributed by atoms with Crippen LogP contribution in [0, 0.1) is 22.6 Å². The molecule has 1 atom stereocenters. The Hall–Kier alpha value is -5.58. The Kier molecular flexibility index (Phi) is 9.63. The van der Waals surface area contributed by atoms with Gasteiger partial charge >= 0.3 is 5.69 Å². The van der Waals surface area contributed by atoms with E-state index in [9.17, 15) is 4.79 Å². The third-order valence-corrected chi connectivity index (χ3v) is 5.35. The van der Waals surface area contributed by atoms with E-state index in [1.165, 1.54) is 25.6 Å². The SMILES string of the molecule is CC(=O)O.COc1cc(C(Cc2ccc(C(=N)N)cc2)c2nn(-c3ncccn3)c(=O)[nH]2)cc(F)c1OCC#N. The fourth-order valence-electron chi connectivity index (χ4n) is 3.65. The fourth-order valence-corrected chi connectivity index (χ4v) is 3.65. The van der Waals surface area contributed by atoms with Crippen molar-refractivity contribution < 1.29 is 23.8 Å². The van der Waals surface area contributed by atoms with Gasteiger partial charge in [-0.3, -0.25) is 15.2 Å². The highest BCUT2D eigenvalue weighted by Crippen LogP contribution is 2.36. The summed E-state index contributed by atoms with van der Waals surface area (Å²) in [6.07, 6.45) is 3.27. The Morgan fingerprint density at radius 2 is 1.93 bits per heavy atom. The van der Waals surface area contributed by atoms with Crippen LogP contribution in [0.2, 0.25) is 0 Å². The standard InChI is InChI=1S/C24H21FN8O3.C2H4O2/c1-35-19-13-16(12-18(25)20(19)36-10-7-26)17(11-14-3-5-15(6-4-14)21(27)28)22-31-24(34)33(32-22)23-29-8-2-9-30-23;1-2(3)4/h2-6,8-9,12-13,17H,10-11H2,1H3,(H3,27,28)(H,31,32,34);1H3,(H,3,4). The predicted molar refractivity (Wildman–Crippen MR) is 140 cm³/mol. The zero-order valence-electron chi connectivity index (χ0n) is 21.5. The number of nitriles is 1. The molecule has 0 aliphatic heterocycles. The summed E-state index contributed by atoms with van der Waals surface area (Å²) in [7, 11) is 1.36. The van der Waals surface area contributed by atoms with Crippen molar-refractivity contribution in [3.8, 4) is 23.5 Å². The Bertz CT molecular complexity index is 1580. The number of hydrogen-bond donors (Lipinski definition) is 4. The Morgan fingerprint density at radius 1 is 1.27 bits per heavy atom. The lowest BCUT2D eigenvalue weighted by atomic mass is 9.90. The summed E-state index contributed by atoms with van der Waals surface area (Å²) in [6, 6.07) is 13.2. The summed E-state index contributed by atoms with van der Waals surface area (Å²) in [5, 5.41) is 28.2. The number of aliphatic carboxylic acids is 1. The van der Waals surface area contributed by atoms with Crippen molar-refractivity contribution in [1.29, 1.82) is 10.7 Å². The summed E-state index contributed by atoms with van der Waals surface area (Å²) >= 11 is 0. The second-order valence-electron chi connectivity index (χ2n) is 8.14. The van der Waals surface area contributed by atoms with Gasteiger partial charge in [0.15, 0.2) is 23.9 Å². The first kappa shape index (κ1) is 29.0. The predicted octanol–water partition coefficient (Wildman–Crippen LogP) is 2.15.